The molecule has 96 valence electrons. The van der Waals surface area contributed by atoms with Gasteiger partial charge in [-0.25, -0.2) is 4.98 Å². The molecule has 5 nitrogen and oxygen atoms in total. The third kappa shape index (κ3) is 4.85. The van der Waals surface area contributed by atoms with Gasteiger partial charge >= 0.3 is 12.4 Å². The van der Waals surface area contributed by atoms with Crippen LogP contribution in [0, 0.1) is 6.92 Å². The molecule has 0 amide bonds. The highest BCUT2D eigenvalue weighted by Gasteiger charge is 2.28. The molecule has 0 fully saturated rings. The Kier molecular flexibility index (Phi) is 4.50. The second-order valence-electron chi connectivity index (χ2n) is 2.99. The molecular weight excluding hydrogens is 241 g/mol. The zero-order valence-corrected chi connectivity index (χ0v) is 9.24. The molecule has 0 atom stereocenters. The molecule has 0 aliphatic rings. The molecule has 1 aromatic heterocycles. The van der Waals surface area contributed by atoms with Crippen LogP contribution in [0.25, 0.3) is 0 Å². The molecule has 0 aromatic carbocycles. The van der Waals surface area contributed by atoms with Crippen molar-refractivity contribution in [1.29, 1.82) is 0 Å². The number of alkyl halides is 3. The number of aromatic nitrogens is 2. The van der Waals surface area contributed by atoms with E-state index >= 15 is 0 Å². The van der Waals surface area contributed by atoms with Crippen LogP contribution >= 0.6 is 0 Å². The van der Waals surface area contributed by atoms with E-state index in [0.717, 1.165) is 0 Å². The Labute approximate surface area is 95.5 Å². The summed E-state index contributed by atoms with van der Waals surface area (Å²) in [6, 6.07) is -0.0572. The monoisotopic (exact) mass is 252 g/mol. The quantitative estimate of drug-likeness (QED) is 0.747. The molecule has 0 aliphatic carbocycles. The molecule has 1 rings (SSSR count). The second-order valence-corrected chi connectivity index (χ2v) is 2.99. The number of nitrogens with zero attached hydrogens (tertiary/aromatic N) is 2. The molecule has 0 saturated heterocycles. The molecule has 0 spiro atoms. The lowest BCUT2D eigenvalue weighted by atomic mass is 10.4. The summed E-state index contributed by atoms with van der Waals surface area (Å²) in [7, 11) is 1.42. The van der Waals surface area contributed by atoms with Crippen LogP contribution in [0.3, 0.4) is 0 Å². The Morgan fingerprint density at radius 2 is 2.00 bits per heavy atom. The van der Waals surface area contributed by atoms with Crippen LogP contribution in [0.2, 0.25) is 0 Å². The fourth-order valence-electron chi connectivity index (χ4n) is 0.978. The van der Waals surface area contributed by atoms with Gasteiger partial charge in [-0.1, -0.05) is 0 Å². The van der Waals surface area contributed by atoms with Gasteiger partial charge in [0.2, 0.25) is 5.88 Å². The summed E-state index contributed by atoms with van der Waals surface area (Å²) in [4.78, 5) is 7.60. The zero-order chi connectivity index (χ0) is 12.9. The molecule has 0 aliphatic heterocycles. The number of halogens is 3. The fourth-order valence-corrected chi connectivity index (χ4v) is 0.978. The predicted molar refractivity (Wildman–Crippen MR) is 50.8 cm³/mol. The van der Waals surface area contributed by atoms with Crippen LogP contribution in [-0.4, -0.2) is 36.7 Å². The summed E-state index contributed by atoms with van der Waals surface area (Å²) < 4.78 is 48.2. The highest BCUT2D eigenvalue weighted by molar-refractivity contribution is 5.22. The minimum atomic E-state index is -4.66. The predicted octanol–water partition coefficient (Wildman–Crippen LogP) is 1.71. The lowest BCUT2D eigenvalue weighted by molar-refractivity contribution is -0.325. The van der Waals surface area contributed by atoms with Crippen molar-refractivity contribution in [3.8, 4) is 11.9 Å². The Morgan fingerprint density at radius 3 is 2.59 bits per heavy atom. The second kappa shape index (κ2) is 5.67. The van der Waals surface area contributed by atoms with Gasteiger partial charge in [-0.2, -0.15) is 4.98 Å². The van der Waals surface area contributed by atoms with Crippen LogP contribution in [0.5, 0.6) is 11.9 Å². The fraction of sp³-hybridized carbons (Fsp3) is 0.556. The molecule has 8 heteroatoms. The van der Waals surface area contributed by atoms with E-state index in [-0.39, 0.29) is 12.6 Å². The molecule has 1 heterocycles. The van der Waals surface area contributed by atoms with Crippen LogP contribution in [0.1, 0.15) is 5.56 Å². The first kappa shape index (κ1) is 13.5. The molecule has 0 unspecified atom stereocenters. The topological polar surface area (TPSA) is 53.5 Å². The Bertz CT molecular complexity index is 371. The maximum absolute atomic E-state index is 11.6. The summed E-state index contributed by atoms with van der Waals surface area (Å²) in [5.41, 5.74) is 0.700. The van der Waals surface area contributed by atoms with E-state index in [1.807, 2.05) is 0 Å². The zero-order valence-electron chi connectivity index (χ0n) is 9.24. The summed E-state index contributed by atoms with van der Waals surface area (Å²) >= 11 is 0. The SMILES string of the molecule is COc1nc(OCCOC(F)(F)F)ncc1C. The van der Waals surface area contributed by atoms with Gasteiger partial charge in [-0.05, 0) is 6.92 Å². The van der Waals surface area contributed by atoms with Crippen molar-refractivity contribution < 1.29 is 27.4 Å². The van der Waals surface area contributed by atoms with E-state index in [4.69, 9.17) is 9.47 Å². The maximum Gasteiger partial charge on any atom is 0.522 e. The number of aryl methyl sites for hydroxylation is 1. The average molecular weight is 252 g/mol. The van der Waals surface area contributed by atoms with Crippen molar-refractivity contribution in [2.24, 2.45) is 0 Å². The minimum absolute atomic E-state index is 0.0572. The minimum Gasteiger partial charge on any atom is -0.481 e. The summed E-state index contributed by atoms with van der Waals surface area (Å²) in [6.07, 6.45) is -3.21. The summed E-state index contributed by atoms with van der Waals surface area (Å²) in [6.45, 7) is 0.810. The van der Waals surface area contributed by atoms with Crippen molar-refractivity contribution in [2.45, 2.75) is 13.3 Å². The first-order valence-corrected chi connectivity index (χ1v) is 4.63. The van der Waals surface area contributed by atoms with Gasteiger partial charge in [0.25, 0.3) is 0 Å². The first-order chi connectivity index (χ1) is 7.92. The van der Waals surface area contributed by atoms with Gasteiger partial charge in [0.15, 0.2) is 0 Å². The number of hydrogen-bond donors (Lipinski definition) is 0. The molecule has 17 heavy (non-hydrogen) atoms. The highest BCUT2D eigenvalue weighted by Crippen LogP contribution is 2.17. The normalized spacial score (nSPS) is 11.4. The van der Waals surface area contributed by atoms with Gasteiger partial charge in [0.05, 0.1) is 13.7 Å². The van der Waals surface area contributed by atoms with Gasteiger partial charge in [0.1, 0.15) is 6.61 Å². The largest absolute Gasteiger partial charge is 0.522 e. The summed E-state index contributed by atoms with van der Waals surface area (Å²) in [5, 5.41) is 0. The van der Waals surface area contributed by atoms with E-state index in [1.54, 1.807) is 6.92 Å². The number of methoxy groups -OCH3 is 1. The molecule has 0 bridgehead atoms. The van der Waals surface area contributed by atoms with Gasteiger partial charge in [-0.15, -0.1) is 13.2 Å². The molecular formula is C9H11F3N2O3. The average Bonchev–Trinajstić information content (AvgIpc) is 2.25. The lowest BCUT2D eigenvalue weighted by Gasteiger charge is -2.09. The van der Waals surface area contributed by atoms with Crippen LogP contribution < -0.4 is 9.47 Å². The summed E-state index contributed by atoms with van der Waals surface area (Å²) in [5.74, 6) is 0.312. The molecule has 1 aromatic rings. The number of ether oxygens (including phenoxy) is 3. The third-order valence-corrected chi connectivity index (χ3v) is 1.68. The Morgan fingerprint density at radius 1 is 1.29 bits per heavy atom. The third-order valence-electron chi connectivity index (χ3n) is 1.68. The molecule has 0 N–H and O–H groups in total. The van der Waals surface area contributed by atoms with Crippen molar-refractivity contribution in [3.05, 3.63) is 11.8 Å². The first-order valence-electron chi connectivity index (χ1n) is 4.63. The van der Waals surface area contributed by atoms with Crippen molar-refractivity contribution in [2.75, 3.05) is 20.3 Å². The van der Waals surface area contributed by atoms with E-state index in [9.17, 15) is 13.2 Å². The molecule has 0 saturated carbocycles. The van der Waals surface area contributed by atoms with Gasteiger partial charge < -0.3 is 9.47 Å². The maximum atomic E-state index is 11.6. The Hall–Kier alpha value is -1.57. The van der Waals surface area contributed by atoms with E-state index in [1.165, 1.54) is 13.3 Å². The van der Waals surface area contributed by atoms with Crippen molar-refractivity contribution in [3.63, 3.8) is 0 Å². The van der Waals surface area contributed by atoms with E-state index in [0.29, 0.717) is 11.4 Å². The molecule has 0 radical (unpaired) electrons. The van der Waals surface area contributed by atoms with Gasteiger partial charge in [-0.3, -0.25) is 4.74 Å². The lowest BCUT2D eigenvalue weighted by Crippen LogP contribution is -2.18. The van der Waals surface area contributed by atoms with Gasteiger partial charge in [0, 0.05) is 11.8 Å². The smallest absolute Gasteiger partial charge is 0.481 e. The van der Waals surface area contributed by atoms with Crippen LogP contribution in [0.4, 0.5) is 13.2 Å². The number of hydrogen-bond acceptors (Lipinski definition) is 5. The van der Waals surface area contributed by atoms with E-state index in [2.05, 4.69) is 14.7 Å². The number of rotatable bonds is 5. The Balaban J connectivity index is 2.42. The van der Waals surface area contributed by atoms with Crippen molar-refractivity contribution >= 4 is 0 Å². The van der Waals surface area contributed by atoms with Crippen LogP contribution in [-0.2, 0) is 4.74 Å². The standard InChI is InChI=1S/C9H11F3N2O3/c1-6-5-13-8(14-7(6)15-2)16-3-4-17-9(10,11)12/h5H,3-4H2,1-2H3. The van der Waals surface area contributed by atoms with Crippen LogP contribution in [0.15, 0.2) is 6.20 Å². The van der Waals surface area contributed by atoms with E-state index < -0.39 is 13.0 Å². The highest BCUT2D eigenvalue weighted by atomic mass is 19.4. The van der Waals surface area contributed by atoms with Crippen molar-refractivity contribution in [1.82, 2.24) is 9.97 Å².